The number of unbranched alkanes of at least 4 members (excludes halogenated alkanes) is 1. The molecule has 0 aromatic heterocycles. The van der Waals surface area contributed by atoms with Crippen LogP contribution in [0.3, 0.4) is 0 Å². The summed E-state index contributed by atoms with van der Waals surface area (Å²) >= 11 is 0. The van der Waals surface area contributed by atoms with E-state index in [4.69, 9.17) is 4.74 Å². The topological polar surface area (TPSA) is 90.9 Å². The standard InChI is InChI=1S/C29H43F2N3O4/c1-4-5-8-19(2)29(37)34(3)26-9-6-7-12-38-24-11-10-23(17-24)32-18-27(35)25(33-28(26)36)15-20-13-21(30)16-22(31)14-20/h6-7,13-14,16,19,23-27,32,35H,4-5,8-12,15,17-18H2,1-3H3,(H,33,36)/t19-,23-,24+,25-,26-,27+/m0/s1. The lowest BCUT2D eigenvalue weighted by molar-refractivity contribution is -0.142. The average molecular weight is 536 g/mol. The van der Waals surface area contributed by atoms with Gasteiger partial charge in [0.05, 0.1) is 24.9 Å². The number of β-amino-alcohol motifs (C(OH)–C–C–N with tert-alkyl or cyclic N) is 1. The quantitative estimate of drug-likeness (QED) is 0.465. The zero-order valence-electron chi connectivity index (χ0n) is 22.8. The Bertz CT molecular complexity index is 940. The van der Waals surface area contributed by atoms with Gasteiger partial charge in [-0.2, -0.15) is 0 Å². The Hall–Kier alpha value is -2.36. The van der Waals surface area contributed by atoms with Gasteiger partial charge in [0.1, 0.15) is 17.7 Å². The number of likely N-dealkylation sites (N-methyl/N-ethyl adjacent to an activating group) is 1. The van der Waals surface area contributed by atoms with Crippen molar-refractivity contribution >= 4 is 11.8 Å². The van der Waals surface area contributed by atoms with E-state index in [1.165, 1.54) is 17.0 Å². The Kier molecular flexibility index (Phi) is 11.7. The Balaban J connectivity index is 1.85. The highest BCUT2D eigenvalue weighted by Gasteiger charge is 2.33. The Morgan fingerprint density at radius 3 is 2.66 bits per heavy atom. The molecular formula is C29H43F2N3O4. The summed E-state index contributed by atoms with van der Waals surface area (Å²) in [6.45, 7) is 4.56. The second-order valence-corrected chi connectivity index (χ2v) is 10.8. The number of aliphatic hydroxyl groups excluding tert-OH is 1. The van der Waals surface area contributed by atoms with Gasteiger partial charge >= 0.3 is 0 Å². The Labute approximate surface area is 225 Å². The summed E-state index contributed by atoms with van der Waals surface area (Å²) in [7, 11) is 1.63. The number of hydrogen-bond acceptors (Lipinski definition) is 5. The van der Waals surface area contributed by atoms with Crippen LogP contribution in [0.5, 0.6) is 0 Å². The minimum absolute atomic E-state index is 0.0345. The molecule has 0 spiro atoms. The molecule has 7 nitrogen and oxygen atoms in total. The van der Waals surface area contributed by atoms with Crippen LogP contribution in [0.25, 0.3) is 0 Å². The lowest BCUT2D eigenvalue weighted by Gasteiger charge is -2.32. The number of nitrogens with one attached hydrogen (secondary N) is 2. The van der Waals surface area contributed by atoms with E-state index in [0.29, 0.717) is 12.2 Å². The highest BCUT2D eigenvalue weighted by atomic mass is 19.1. The van der Waals surface area contributed by atoms with Gasteiger partial charge in [-0.3, -0.25) is 9.59 Å². The van der Waals surface area contributed by atoms with Crippen LogP contribution in [0.15, 0.2) is 30.4 Å². The van der Waals surface area contributed by atoms with Crippen molar-refractivity contribution in [3.05, 3.63) is 47.5 Å². The zero-order chi connectivity index (χ0) is 27.7. The third kappa shape index (κ3) is 8.85. The molecule has 1 heterocycles. The van der Waals surface area contributed by atoms with Crippen LogP contribution in [-0.2, 0) is 20.7 Å². The van der Waals surface area contributed by atoms with E-state index in [1.54, 1.807) is 7.05 Å². The maximum Gasteiger partial charge on any atom is 0.243 e. The lowest BCUT2D eigenvalue weighted by atomic mass is 9.98. The molecule has 2 aliphatic rings. The molecule has 0 saturated heterocycles. The first-order valence-electron chi connectivity index (χ1n) is 13.9. The summed E-state index contributed by atoms with van der Waals surface area (Å²) in [6, 6.07) is 1.74. The number of aliphatic hydroxyl groups is 1. The molecule has 1 aliphatic heterocycles. The number of carbonyl (C=O) groups excluding carboxylic acids is 2. The fraction of sp³-hybridized carbons (Fsp3) is 0.655. The van der Waals surface area contributed by atoms with E-state index in [2.05, 4.69) is 17.6 Å². The molecule has 38 heavy (non-hydrogen) atoms. The molecule has 2 amide bonds. The summed E-state index contributed by atoms with van der Waals surface area (Å²) in [5.41, 5.74) is 0.327. The summed E-state index contributed by atoms with van der Waals surface area (Å²) in [6.07, 6.45) is 8.42. The maximum atomic E-state index is 13.9. The zero-order valence-corrected chi connectivity index (χ0v) is 22.8. The smallest absolute Gasteiger partial charge is 0.243 e. The van der Waals surface area contributed by atoms with E-state index < -0.39 is 35.7 Å². The molecule has 1 saturated carbocycles. The predicted octanol–water partition coefficient (Wildman–Crippen LogP) is 3.49. The first-order valence-corrected chi connectivity index (χ1v) is 13.9. The number of halogens is 2. The molecule has 1 aromatic rings. The van der Waals surface area contributed by atoms with Crippen molar-refractivity contribution in [3.63, 3.8) is 0 Å². The third-order valence-corrected chi connectivity index (χ3v) is 7.65. The first kappa shape index (κ1) is 30.2. The van der Waals surface area contributed by atoms with Gasteiger partial charge < -0.3 is 25.4 Å². The molecule has 0 unspecified atom stereocenters. The second kappa shape index (κ2) is 14.7. The molecule has 3 N–H and O–H groups in total. The van der Waals surface area contributed by atoms with Crippen molar-refractivity contribution in [2.45, 2.75) is 95.5 Å². The number of amides is 2. The van der Waals surface area contributed by atoms with Crippen LogP contribution in [0.1, 0.15) is 64.4 Å². The van der Waals surface area contributed by atoms with Gasteiger partial charge in [-0.25, -0.2) is 8.78 Å². The van der Waals surface area contributed by atoms with Crippen molar-refractivity contribution < 1.29 is 28.2 Å². The van der Waals surface area contributed by atoms with Gasteiger partial charge in [0.25, 0.3) is 0 Å². The van der Waals surface area contributed by atoms with Gasteiger partial charge in [0, 0.05) is 31.6 Å². The van der Waals surface area contributed by atoms with Gasteiger partial charge in [0.2, 0.25) is 11.8 Å². The molecule has 6 atom stereocenters. The van der Waals surface area contributed by atoms with E-state index in [1.807, 2.05) is 19.1 Å². The monoisotopic (exact) mass is 535 g/mol. The molecule has 1 fully saturated rings. The van der Waals surface area contributed by atoms with Gasteiger partial charge in [-0.1, -0.05) is 38.8 Å². The van der Waals surface area contributed by atoms with Crippen LogP contribution in [0.2, 0.25) is 0 Å². The van der Waals surface area contributed by atoms with E-state index in [0.717, 1.165) is 44.6 Å². The molecule has 2 bridgehead atoms. The van der Waals surface area contributed by atoms with Gasteiger partial charge in [-0.05, 0) is 56.2 Å². The number of ether oxygens (including phenoxy) is 1. The summed E-state index contributed by atoms with van der Waals surface area (Å²) in [4.78, 5) is 28.2. The molecule has 9 heteroatoms. The number of carbonyl (C=O) groups is 2. The highest BCUT2D eigenvalue weighted by molar-refractivity contribution is 5.88. The molecule has 1 aliphatic carbocycles. The second-order valence-electron chi connectivity index (χ2n) is 10.8. The molecule has 0 radical (unpaired) electrons. The van der Waals surface area contributed by atoms with Gasteiger partial charge in [-0.15, -0.1) is 0 Å². The number of fused-ring (bicyclic) bond motifs is 2. The fourth-order valence-electron chi connectivity index (χ4n) is 5.31. The Morgan fingerprint density at radius 1 is 1.21 bits per heavy atom. The molecular weight excluding hydrogens is 492 g/mol. The maximum absolute atomic E-state index is 13.9. The van der Waals surface area contributed by atoms with Crippen LogP contribution >= 0.6 is 0 Å². The minimum Gasteiger partial charge on any atom is -0.390 e. The Morgan fingerprint density at radius 2 is 1.95 bits per heavy atom. The van der Waals surface area contributed by atoms with Gasteiger partial charge in [0.15, 0.2) is 0 Å². The van der Waals surface area contributed by atoms with E-state index in [-0.39, 0.29) is 43.4 Å². The fourth-order valence-corrected chi connectivity index (χ4v) is 5.31. The average Bonchev–Trinajstić information content (AvgIpc) is 3.33. The number of rotatable bonds is 7. The van der Waals surface area contributed by atoms with Crippen molar-refractivity contribution in [1.82, 2.24) is 15.5 Å². The van der Waals surface area contributed by atoms with Crippen molar-refractivity contribution in [2.75, 3.05) is 20.2 Å². The van der Waals surface area contributed by atoms with E-state index in [9.17, 15) is 23.5 Å². The van der Waals surface area contributed by atoms with Crippen LogP contribution in [0, 0.1) is 17.6 Å². The summed E-state index contributed by atoms with van der Waals surface area (Å²) in [5, 5.41) is 17.4. The van der Waals surface area contributed by atoms with Crippen LogP contribution in [0.4, 0.5) is 8.78 Å². The van der Waals surface area contributed by atoms with Crippen LogP contribution < -0.4 is 10.6 Å². The van der Waals surface area contributed by atoms with E-state index >= 15 is 0 Å². The first-order chi connectivity index (χ1) is 18.2. The number of benzene rings is 1. The molecule has 1 aromatic carbocycles. The van der Waals surface area contributed by atoms with Crippen molar-refractivity contribution in [1.29, 1.82) is 0 Å². The number of hydrogen-bond donors (Lipinski definition) is 3. The van der Waals surface area contributed by atoms with Crippen LogP contribution in [-0.4, -0.2) is 72.4 Å². The molecule has 3 rings (SSSR count). The largest absolute Gasteiger partial charge is 0.390 e. The predicted molar refractivity (Wildman–Crippen MR) is 142 cm³/mol. The third-order valence-electron chi connectivity index (χ3n) is 7.65. The van der Waals surface area contributed by atoms with Crippen molar-refractivity contribution in [2.24, 2.45) is 5.92 Å². The normalized spacial score (nSPS) is 27.7. The van der Waals surface area contributed by atoms with Crippen molar-refractivity contribution in [3.8, 4) is 0 Å². The number of nitrogens with zero attached hydrogens (tertiary/aromatic N) is 1. The summed E-state index contributed by atoms with van der Waals surface area (Å²) < 4.78 is 33.8. The highest BCUT2D eigenvalue weighted by Crippen LogP contribution is 2.23. The lowest BCUT2D eigenvalue weighted by Crippen LogP contribution is -2.55. The SMILES string of the molecule is CCCC[C@H](C)C(=O)N(C)[C@H]1CC=CCO[C@@H]2CC[C@@H](C2)NC[C@@H](O)[C@H](Cc2cc(F)cc(F)c2)NC1=O. The summed E-state index contributed by atoms with van der Waals surface area (Å²) in [5.74, 6) is -2.21. The molecule has 212 valence electrons. The minimum atomic E-state index is -1.02.